The zero-order valence-corrected chi connectivity index (χ0v) is 18.8. The second-order valence-electron chi connectivity index (χ2n) is 7.41. The van der Waals surface area contributed by atoms with E-state index in [1.807, 2.05) is 31.2 Å². The number of nitrogens with one attached hydrogen (secondary N) is 1. The summed E-state index contributed by atoms with van der Waals surface area (Å²) in [5, 5.41) is 3.86. The molecular weight excluding hydrogens is 416 g/mol. The van der Waals surface area contributed by atoms with Crippen molar-refractivity contribution in [3.63, 3.8) is 0 Å². The Labute approximate surface area is 182 Å². The van der Waals surface area contributed by atoms with Gasteiger partial charge in [0.15, 0.2) is 5.76 Å². The molecule has 0 saturated carbocycles. The van der Waals surface area contributed by atoms with Gasteiger partial charge >= 0.3 is 5.97 Å². The highest BCUT2D eigenvalue weighted by Gasteiger charge is 2.26. The second-order valence-corrected chi connectivity index (χ2v) is 9.09. The Morgan fingerprint density at radius 3 is 2.42 bits per heavy atom. The summed E-state index contributed by atoms with van der Waals surface area (Å²) in [5.41, 5.74) is 3.59. The topological polar surface area (TPSA) is 98.5 Å². The number of carbonyl (C=O) groups excluding carboxylic acids is 1. The largest absolute Gasteiger partial charge is 0.466 e. The lowest BCUT2D eigenvalue weighted by atomic mass is 10.0. The fourth-order valence-electron chi connectivity index (χ4n) is 3.21. The van der Waals surface area contributed by atoms with Gasteiger partial charge in [0, 0.05) is 11.6 Å². The predicted molar refractivity (Wildman–Crippen MR) is 117 cm³/mol. The van der Waals surface area contributed by atoms with Crippen molar-refractivity contribution in [3.05, 3.63) is 70.9 Å². The Hall–Kier alpha value is -2.97. The number of esters is 1. The van der Waals surface area contributed by atoms with Crippen LogP contribution in [0, 0.1) is 20.8 Å². The van der Waals surface area contributed by atoms with Gasteiger partial charge in [-0.25, -0.2) is 13.1 Å². The van der Waals surface area contributed by atoms with Gasteiger partial charge < -0.3 is 9.26 Å². The number of hydrogen-bond acceptors (Lipinski definition) is 6. The van der Waals surface area contributed by atoms with E-state index >= 15 is 0 Å². The lowest BCUT2D eigenvalue weighted by molar-refractivity contribution is -0.143. The molecule has 3 rings (SSSR count). The first kappa shape index (κ1) is 22.7. The number of benzene rings is 2. The molecule has 0 radical (unpaired) electrons. The number of aryl methyl sites for hydroxylation is 3. The summed E-state index contributed by atoms with van der Waals surface area (Å²) in [6, 6.07) is 13.4. The van der Waals surface area contributed by atoms with E-state index in [1.54, 1.807) is 45.0 Å². The molecule has 0 aliphatic carbocycles. The lowest BCUT2D eigenvalue weighted by Crippen LogP contribution is -2.31. The molecule has 1 aromatic heterocycles. The molecule has 0 amide bonds. The van der Waals surface area contributed by atoms with Crippen LogP contribution in [0.2, 0.25) is 0 Å². The first-order chi connectivity index (χ1) is 14.7. The first-order valence-electron chi connectivity index (χ1n) is 9.98. The van der Waals surface area contributed by atoms with Gasteiger partial charge in [0.1, 0.15) is 0 Å². The van der Waals surface area contributed by atoms with Crippen molar-refractivity contribution in [1.82, 2.24) is 9.88 Å². The molecule has 1 unspecified atom stereocenters. The van der Waals surface area contributed by atoms with Crippen molar-refractivity contribution in [1.29, 1.82) is 0 Å². The van der Waals surface area contributed by atoms with E-state index in [0.29, 0.717) is 28.1 Å². The van der Waals surface area contributed by atoms with Crippen LogP contribution in [-0.4, -0.2) is 26.2 Å². The zero-order chi connectivity index (χ0) is 22.6. The molecule has 0 spiro atoms. The number of ether oxygens (including phenoxy) is 1. The molecule has 164 valence electrons. The fraction of sp³-hybridized carbons (Fsp3) is 0.304. The summed E-state index contributed by atoms with van der Waals surface area (Å²) in [6.45, 7) is 7.39. The van der Waals surface area contributed by atoms with Gasteiger partial charge in [0.2, 0.25) is 10.0 Å². The van der Waals surface area contributed by atoms with Crippen molar-refractivity contribution < 1.29 is 22.5 Å². The third kappa shape index (κ3) is 5.59. The average molecular weight is 443 g/mol. The molecule has 0 aliphatic rings. The Morgan fingerprint density at radius 1 is 1.10 bits per heavy atom. The molecule has 0 aliphatic heterocycles. The van der Waals surface area contributed by atoms with E-state index < -0.39 is 22.0 Å². The highest BCUT2D eigenvalue weighted by atomic mass is 32.2. The first-order valence-corrected chi connectivity index (χ1v) is 11.5. The van der Waals surface area contributed by atoms with Crippen LogP contribution < -0.4 is 4.72 Å². The molecule has 0 fully saturated rings. The number of nitrogens with zero attached hydrogens (tertiary/aromatic N) is 1. The van der Waals surface area contributed by atoms with Gasteiger partial charge in [-0.15, -0.1) is 0 Å². The minimum Gasteiger partial charge on any atom is -0.466 e. The normalized spacial score (nSPS) is 12.5. The summed E-state index contributed by atoms with van der Waals surface area (Å²) in [5.74, 6) is 0.00828. The van der Waals surface area contributed by atoms with Crippen LogP contribution in [-0.2, 0) is 19.6 Å². The molecule has 7 nitrogen and oxygen atoms in total. The van der Waals surface area contributed by atoms with Crippen LogP contribution in [0.25, 0.3) is 11.3 Å². The van der Waals surface area contributed by atoms with Crippen LogP contribution in [0.3, 0.4) is 0 Å². The highest BCUT2D eigenvalue weighted by Crippen LogP contribution is 2.28. The maximum Gasteiger partial charge on any atom is 0.307 e. The molecule has 31 heavy (non-hydrogen) atoms. The van der Waals surface area contributed by atoms with Crippen LogP contribution in [0.15, 0.2) is 57.9 Å². The Balaban J connectivity index is 1.96. The highest BCUT2D eigenvalue weighted by molar-refractivity contribution is 7.89. The van der Waals surface area contributed by atoms with Crippen molar-refractivity contribution in [3.8, 4) is 11.3 Å². The molecule has 8 heteroatoms. The number of carbonyl (C=O) groups is 1. The van der Waals surface area contributed by atoms with Crippen LogP contribution >= 0.6 is 0 Å². The molecule has 3 aromatic rings. The zero-order valence-electron chi connectivity index (χ0n) is 18.0. The van der Waals surface area contributed by atoms with E-state index in [2.05, 4.69) is 9.88 Å². The van der Waals surface area contributed by atoms with Gasteiger partial charge in [-0.1, -0.05) is 47.1 Å². The average Bonchev–Trinajstić information content (AvgIpc) is 3.14. The van der Waals surface area contributed by atoms with E-state index in [1.165, 1.54) is 0 Å². The fourth-order valence-corrected chi connectivity index (χ4v) is 4.70. The lowest BCUT2D eigenvalue weighted by Gasteiger charge is -2.20. The number of rotatable bonds is 8. The van der Waals surface area contributed by atoms with Gasteiger partial charge in [-0.2, -0.15) is 0 Å². The molecule has 2 aromatic carbocycles. The summed E-state index contributed by atoms with van der Waals surface area (Å²) in [4.78, 5) is 12.3. The van der Waals surface area contributed by atoms with Crippen molar-refractivity contribution in [2.75, 3.05) is 6.61 Å². The number of aromatic nitrogens is 1. The maximum atomic E-state index is 13.3. The van der Waals surface area contributed by atoms with Crippen LogP contribution in [0.1, 0.15) is 41.8 Å². The van der Waals surface area contributed by atoms with Gasteiger partial charge in [0.05, 0.1) is 29.7 Å². The SMILES string of the molecule is CCOC(=O)CC(NS(=O)(=O)c1cc(-c2cc(C)no2)ccc1C)c1ccc(C)cc1. The third-order valence-corrected chi connectivity index (χ3v) is 6.46. The number of hydrogen-bond donors (Lipinski definition) is 1. The van der Waals surface area contributed by atoms with E-state index in [-0.39, 0.29) is 17.9 Å². The van der Waals surface area contributed by atoms with E-state index in [4.69, 9.17) is 9.26 Å². The number of sulfonamides is 1. The van der Waals surface area contributed by atoms with Gasteiger partial charge in [-0.3, -0.25) is 4.79 Å². The molecule has 1 atom stereocenters. The molecule has 1 N–H and O–H groups in total. The maximum absolute atomic E-state index is 13.3. The Morgan fingerprint density at radius 2 is 1.81 bits per heavy atom. The quantitative estimate of drug-likeness (QED) is 0.524. The minimum atomic E-state index is -3.95. The van der Waals surface area contributed by atoms with Gasteiger partial charge in [-0.05, 0) is 44.9 Å². The van der Waals surface area contributed by atoms with Crippen molar-refractivity contribution in [2.24, 2.45) is 0 Å². The second kappa shape index (κ2) is 9.45. The summed E-state index contributed by atoms with van der Waals surface area (Å²) in [6.07, 6.45) is -0.115. The Bertz CT molecular complexity index is 1170. The summed E-state index contributed by atoms with van der Waals surface area (Å²) >= 11 is 0. The smallest absolute Gasteiger partial charge is 0.307 e. The van der Waals surface area contributed by atoms with Crippen molar-refractivity contribution in [2.45, 2.75) is 45.1 Å². The molecule has 0 saturated heterocycles. The summed E-state index contributed by atoms with van der Waals surface area (Å²) in [7, 11) is -3.95. The van der Waals surface area contributed by atoms with E-state index in [9.17, 15) is 13.2 Å². The molecule has 1 heterocycles. The standard InChI is InChI=1S/C23H26N2O5S/c1-5-29-23(26)14-20(18-9-6-15(2)7-10-18)25-31(27,28)22-13-19(11-8-16(22)3)21-12-17(4)24-30-21/h6-13,20,25H,5,14H2,1-4H3. The van der Waals surface area contributed by atoms with Crippen molar-refractivity contribution >= 4 is 16.0 Å². The van der Waals surface area contributed by atoms with Crippen LogP contribution in [0.5, 0.6) is 0 Å². The Kier molecular flexibility index (Phi) is 6.92. The monoisotopic (exact) mass is 442 g/mol. The third-order valence-electron chi connectivity index (χ3n) is 4.84. The van der Waals surface area contributed by atoms with E-state index in [0.717, 1.165) is 5.56 Å². The predicted octanol–water partition coefficient (Wildman–Crippen LogP) is 4.24. The molecular formula is C23H26N2O5S. The summed E-state index contributed by atoms with van der Waals surface area (Å²) < 4.78 is 39.6. The van der Waals surface area contributed by atoms with Crippen LogP contribution in [0.4, 0.5) is 0 Å². The van der Waals surface area contributed by atoms with Gasteiger partial charge in [0.25, 0.3) is 0 Å². The minimum absolute atomic E-state index is 0.111. The molecule has 0 bridgehead atoms.